The summed E-state index contributed by atoms with van der Waals surface area (Å²) in [5, 5.41) is 2.46. The van der Waals surface area contributed by atoms with Crippen LogP contribution in [0.3, 0.4) is 0 Å². The second-order valence-corrected chi connectivity index (χ2v) is 6.04. The van der Waals surface area contributed by atoms with Crippen molar-refractivity contribution in [1.29, 1.82) is 0 Å². The molecule has 0 bridgehead atoms. The van der Waals surface area contributed by atoms with Gasteiger partial charge in [0.1, 0.15) is 11.9 Å². The summed E-state index contributed by atoms with van der Waals surface area (Å²) in [6, 6.07) is 14.7. The molecule has 0 spiro atoms. The molecule has 0 N–H and O–H groups in total. The molecule has 0 aliphatic heterocycles. The van der Waals surface area contributed by atoms with Crippen molar-refractivity contribution in [3.63, 3.8) is 0 Å². The highest BCUT2D eigenvalue weighted by atomic mass is 16.5. The first-order valence-electron chi connectivity index (χ1n) is 8.11. The van der Waals surface area contributed by atoms with E-state index in [0.29, 0.717) is 5.92 Å². The Morgan fingerprint density at radius 1 is 1.00 bits per heavy atom. The van der Waals surface area contributed by atoms with Gasteiger partial charge in [0, 0.05) is 7.11 Å². The number of rotatable bonds is 4. The van der Waals surface area contributed by atoms with E-state index in [1.54, 1.807) is 7.11 Å². The largest absolute Gasteiger partial charge is 0.488 e. The van der Waals surface area contributed by atoms with Gasteiger partial charge in [0.05, 0.1) is 6.10 Å². The zero-order valence-corrected chi connectivity index (χ0v) is 13.4. The zero-order valence-electron chi connectivity index (χ0n) is 13.4. The Bertz CT molecular complexity index is 647. The third-order valence-corrected chi connectivity index (χ3v) is 4.55. The van der Waals surface area contributed by atoms with Crippen molar-refractivity contribution < 1.29 is 9.47 Å². The number of hydrogen-bond donors (Lipinski definition) is 0. The van der Waals surface area contributed by atoms with Crippen LogP contribution >= 0.6 is 0 Å². The van der Waals surface area contributed by atoms with E-state index in [9.17, 15) is 0 Å². The minimum absolute atomic E-state index is 0.146. The number of fused-ring (bicyclic) bond motifs is 1. The quantitative estimate of drug-likeness (QED) is 0.741. The van der Waals surface area contributed by atoms with Gasteiger partial charge in [0.15, 0.2) is 0 Å². The van der Waals surface area contributed by atoms with Crippen molar-refractivity contribution in [1.82, 2.24) is 0 Å². The zero-order chi connectivity index (χ0) is 15.4. The molecular formula is C20H24O2. The van der Waals surface area contributed by atoms with Crippen molar-refractivity contribution in [3.8, 4) is 5.75 Å². The molecule has 3 unspecified atom stereocenters. The molecule has 2 heteroatoms. The van der Waals surface area contributed by atoms with E-state index in [4.69, 9.17) is 9.47 Å². The predicted octanol–water partition coefficient (Wildman–Crippen LogP) is 4.98. The Morgan fingerprint density at radius 3 is 2.59 bits per heavy atom. The number of benzene rings is 2. The van der Waals surface area contributed by atoms with Crippen molar-refractivity contribution in [2.45, 2.75) is 38.4 Å². The van der Waals surface area contributed by atoms with Crippen LogP contribution in [-0.2, 0) is 4.74 Å². The summed E-state index contributed by atoms with van der Waals surface area (Å²) >= 11 is 0. The van der Waals surface area contributed by atoms with Gasteiger partial charge in [-0.25, -0.2) is 0 Å². The topological polar surface area (TPSA) is 18.5 Å². The summed E-state index contributed by atoms with van der Waals surface area (Å²) in [7, 11) is 1.79. The van der Waals surface area contributed by atoms with E-state index in [-0.39, 0.29) is 12.2 Å². The highest BCUT2D eigenvalue weighted by molar-refractivity contribution is 5.83. The molecule has 2 aromatic carbocycles. The number of methoxy groups -OCH3 is 1. The van der Waals surface area contributed by atoms with Crippen LogP contribution in [0.1, 0.15) is 26.2 Å². The Balaban J connectivity index is 1.73. The van der Waals surface area contributed by atoms with Gasteiger partial charge in [-0.15, -0.1) is 0 Å². The second-order valence-electron chi connectivity index (χ2n) is 6.04. The van der Waals surface area contributed by atoms with Crippen molar-refractivity contribution in [3.05, 3.63) is 54.6 Å². The molecule has 3 rings (SSSR count). The Kier molecular flexibility index (Phi) is 4.79. The third-order valence-electron chi connectivity index (χ3n) is 4.55. The first-order valence-corrected chi connectivity index (χ1v) is 8.11. The lowest BCUT2D eigenvalue weighted by Crippen LogP contribution is -2.39. The number of hydrogen-bond acceptors (Lipinski definition) is 2. The third kappa shape index (κ3) is 3.33. The van der Waals surface area contributed by atoms with Gasteiger partial charge in [-0.3, -0.25) is 0 Å². The fourth-order valence-corrected chi connectivity index (χ4v) is 3.38. The smallest absolute Gasteiger partial charge is 0.125 e. The van der Waals surface area contributed by atoms with E-state index in [0.717, 1.165) is 18.6 Å². The molecule has 0 aromatic heterocycles. The maximum Gasteiger partial charge on any atom is 0.125 e. The Labute approximate surface area is 132 Å². The van der Waals surface area contributed by atoms with Crippen molar-refractivity contribution in [2.75, 3.05) is 7.11 Å². The Morgan fingerprint density at radius 2 is 1.82 bits per heavy atom. The molecule has 0 saturated heterocycles. The van der Waals surface area contributed by atoms with E-state index in [2.05, 4.69) is 61.5 Å². The average Bonchev–Trinajstić information content (AvgIpc) is 2.56. The minimum Gasteiger partial charge on any atom is -0.488 e. The van der Waals surface area contributed by atoms with E-state index in [1.807, 2.05) is 0 Å². The lowest BCUT2D eigenvalue weighted by atomic mass is 9.85. The monoisotopic (exact) mass is 296 g/mol. The van der Waals surface area contributed by atoms with E-state index >= 15 is 0 Å². The fraction of sp³-hybridized carbons (Fsp3) is 0.400. The lowest BCUT2D eigenvalue weighted by Gasteiger charge is -2.34. The SMILES string of the molecule is CC=CC1CCC(Oc2ccc3ccccc3c2)C(OC)C1. The average molecular weight is 296 g/mol. The van der Waals surface area contributed by atoms with Gasteiger partial charge in [-0.2, -0.15) is 0 Å². The van der Waals surface area contributed by atoms with Crippen LogP contribution in [0.15, 0.2) is 54.6 Å². The molecule has 116 valence electrons. The van der Waals surface area contributed by atoms with Crippen molar-refractivity contribution in [2.24, 2.45) is 5.92 Å². The molecule has 2 aromatic rings. The van der Waals surface area contributed by atoms with Crippen LogP contribution in [-0.4, -0.2) is 19.3 Å². The molecule has 1 fully saturated rings. The van der Waals surface area contributed by atoms with Gasteiger partial charge in [-0.1, -0.05) is 42.5 Å². The molecule has 0 amide bonds. The summed E-state index contributed by atoms with van der Waals surface area (Å²) in [6.07, 6.45) is 8.00. The summed E-state index contributed by atoms with van der Waals surface area (Å²) in [6.45, 7) is 2.08. The summed E-state index contributed by atoms with van der Waals surface area (Å²) in [5.41, 5.74) is 0. The van der Waals surface area contributed by atoms with Crippen LogP contribution in [0.5, 0.6) is 5.75 Å². The highest BCUT2D eigenvalue weighted by Crippen LogP contribution is 2.31. The Hall–Kier alpha value is -1.80. The van der Waals surface area contributed by atoms with Gasteiger partial charge in [0.25, 0.3) is 0 Å². The maximum absolute atomic E-state index is 6.24. The van der Waals surface area contributed by atoms with Gasteiger partial charge in [-0.05, 0) is 55.0 Å². The van der Waals surface area contributed by atoms with Gasteiger partial charge < -0.3 is 9.47 Å². The summed E-state index contributed by atoms with van der Waals surface area (Å²) in [5.74, 6) is 1.56. The standard InChI is InChI=1S/C20H24O2/c1-3-6-15-9-12-19(20(13-15)21-2)22-18-11-10-16-7-4-5-8-17(16)14-18/h3-8,10-11,14-15,19-20H,9,12-13H2,1-2H3. The van der Waals surface area contributed by atoms with E-state index in [1.165, 1.54) is 17.2 Å². The lowest BCUT2D eigenvalue weighted by molar-refractivity contribution is -0.0322. The summed E-state index contributed by atoms with van der Waals surface area (Å²) in [4.78, 5) is 0. The predicted molar refractivity (Wildman–Crippen MR) is 91.3 cm³/mol. The molecule has 0 radical (unpaired) electrons. The minimum atomic E-state index is 0.146. The van der Waals surface area contributed by atoms with Crippen LogP contribution in [0.4, 0.5) is 0 Å². The van der Waals surface area contributed by atoms with Gasteiger partial charge >= 0.3 is 0 Å². The van der Waals surface area contributed by atoms with Crippen LogP contribution in [0.2, 0.25) is 0 Å². The maximum atomic E-state index is 6.24. The molecule has 0 heterocycles. The molecule has 3 atom stereocenters. The molecule has 22 heavy (non-hydrogen) atoms. The van der Waals surface area contributed by atoms with Crippen LogP contribution in [0.25, 0.3) is 10.8 Å². The number of ether oxygens (including phenoxy) is 2. The first-order chi connectivity index (χ1) is 10.8. The van der Waals surface area contributed by atoms with Crippen LogP contribution < -0.4 is 4.74 Å². The molecule has 1 aliphatic rings. The molecule has 1 aliphatic carbocycles. The first kappa shape index (κ1) is 15.1. The van der Waals surface area contributed by atoms with E-state index < -0.39 is 0 Å². The second kappa shape index (κ2) is 6.97. The molecule has 2 nitrogen and oxygen atoms in total. The fourth-order valence-electron chi connectivity index (χ4n) is 3.38. The summed E-state index contributed by atoms with van der Waals surface area (Å²) < 4.78 is 11.9. The number of allylic oxidation sites excluding steroid dienone is 2. The highest BCUT2D eigenvalue weighted by Gasteiger charge is 2.31. The van der Waals surface area contributed by atoms with Crippen molar-refractivity contribution >= 4 is 10.8 Å². The molecular weight excluding hydrogens is 272 g/mol. The normalized spacial score (nSPS) is 25.6. The molecule has 1 saturated carbocycles. The van der Waals surface area contributed by atoms with Gasteiger partial charge in [0.2, 0.25) is 0 Å². The van der Waals surface area contributed by atoms with Crippen LogP contribution in [0, 0.1) is 5.92 Å².